The zero-order chi connectivity index (χ0) is 36.6. The fourth-order valence-electron chi connectivity index (χ4n) is 7.32. The van der Waals surface area contributed by atoms with Gasteiger partial charge in [0, 0.05) is 74.1 Å². The molecule has 6 aromatic carbocycles. The van der Waals surface area contributed by atoms with E-state index in [-0.39, 0.29) is 0 Å². The molecule has 0 unspecified atom stereocenters. The molecular weight excluding hydrogens is 671 g/mol. The summed E-state index contributed by atoms with van der Waals surface area (Å²) in [6.07, 6.45) is 5.73. The third-order valence-corrected chi connectivity index (χ3v) is 10.2. The predicted molar refractivity (Wildman–Crippen MR) is 227 cm³/mol. The molecule has 4 heterocycles. The van der Waals surface area contributed by atoms with Crippen molar-refractivity contribution >= 4 is 49.8 Å². The average Bonchev–Trinajstić information content (AvgIpc) is 3.27. The van der Waals surface area contributed by atoms with Crippen LogP contribution in [-0.2, 0) is 0 Å². The molecule has 0 N–H and O–H groups in total. The molecule has 0 bridgehead atoms. The summed E-state index contributed by atoms with van der Waals surface area (Å²) >= 11 is 0. The Morgan fingerprint density at radius 2 is 0.836 bits per heavy atom. The summed E-state index contributed by atoms with van der Waals surface area (Å²) in [5.41, 5.74) is 14.3. The minimum atomic E-state index is 0.878. The molecule has 0 fully saturated rings. The van der Waals surface area contributed by atoms with Crippen LogP contribution in [-0.4, -0.2) is 19.9 Å². The van der Waals surface area contributed by atoms with Crippen LogP contribution in [0.2, 0.25) is 0 Å². The highest BCUT2D eigenvalue weighted by Crippen LogP contribution is 2.38. The SMILES string of the molecule is c1ccc(-c2nc(-c3ccc(N(c4ccc(-c5cnc6ccccc6c5)cc4)c4ccc(-c5cnc6ccccc6c5)cc4)cc3)cc3cccnc23)cc1. The highest BCUT2D eigenvalue weighted by atomic mass is 15.1. The van der Waals surface area contributed by atoms with Crippen molar-refractivity contribution in [2.75, 3.05) is 4.90 Å². The van der Waals surface area contributed by atoms with Crippen LogP contribution in [0.15, 0.2) is 201 Å². The fraction of sp³-hybridized carbons (Fsp3) is 0. The van der Waals surface area contributed by atoms with E-state index in [9.17, 15) is 0 Å². The first-order valence-electron chi connectivity index (χ1n) is 18.4. The molecule has 258 valence electrons. The standard InChI is InChI=1S/C50H33N5/c1-2-9-37(10-3-1)50-49-40(13-8-28-51-49)31-48(54-50)36-20-26-45(27-21-36)55(43-22-16-34(17-23-43)41-29-38-11-4-6-14-46(38)52-32-41)44-24-18-35(19-25-44)42-30-39-12-5-7-15-47(39)53-33-42/h1-33H. The van der Waals surface area contributed by atoms with E-state index in [1.54, 1.807) is 0 Å². The molecule has 0 radical (unpaired) electrons. The van der Waals surface area contributed by atoms with Crippen molar-refractivity contribution in [2.24, 2.45) is 0 Å². The maximum Gasteiger partial charge on any atom is 0.0972 e. The topological polar surface area (TPSA) is 54.8 Å². The van der Waals surface area contributed by atoms with Crippen molar-refractivity contribution in [3.63, 3.8) is 0 Å². The zero-order valence-corrected chi connectivity index (χ0v) is 29.8. The minimum Gasteiger partial charge on any atom is -0.311 e. The van der Waals surface area contributed by atoms with Gasteiger partial charge in [0.05, 0.1) is 27.9 Å². The normalized spacial score (nSPS) is 11.3. The number of hydrogen-bond acceptors (Lipinski definition) is 5. The number of aromatic nitrogens is 4. The third kappa shape index (κ3) is 6.24. The number of anilines is 3. The number of hydrogen-bond donors (Lipinski definition) is 0. The fourth-order valence-corrected chi connectivity index (χ4v) is 7.32. The first-order chi connectivity index (χ1) is 27.2. The van der Waals surface area contributed by atoms with Gasteiger partial charge in [-0.25, -0.2) is 4.98 Å². The molecule has 0 saturated heterocycles. The molecule has 5 nitrogen and oxygen atoms in total. The summed E-state index contributed by atoms with van der Waals surface area (Å²) < 4.78 is 0. The van der Waals surface area contributed by atoms with Gasteiger partial charge in [0.25, 0.3) is 0 Å². The van der Waals surface area contributed by atoms with E-state index in [2.05, 4.69) is 138 Å². The van der Waals surface area contributed by atoms with Crippen LogP contribution in [0.25, 0.3) is 77.5 Å². The third-order valence-electron chi connectivity index (χ3n) is 10.2. The Balaban J connectivity index is 1.03. The lowest BCUT2D eigenvalue weighted by molar-refractivity contribution is 1.28. The number of pyridine rings is 4. The van der Waals surface area contributed by atoms with Crippen LogP contribution in [0.5, 0.6) is 0 Å². The van der Waals surface area contributed by atoms with Crippen molar-refractivity contribution in [3.05, 3.63) is 201 Å². The quantitative estimate of drug-likeness (QED) is 0.165. The van der Waals surface area contributed by atoms with Gasteiger partial charge < -0.3 is 4.90 Å². The van der Waals surface area contributed by atoms with Crippen molar-refractivity contribution in [2.45, 2.75) is 0 Å². The zero-order valence-electron chi connectivity index (χ0n) is 29.8. The molecule has 55 heavy (non-hydrogen) atoms. The molecule has 10 rings (SSSR count). The van der Waals surface area contributed by atoms with Crippen molar-refractivity contribution in [3.8, 4) is 44.8 Å². The summed E-state index contributed by atoms with van der Waals surface area (Å²) in [4.78, 5) is 21.6. The predicted octanol–water partition coefficient (Wildman–Crippen LogP) is 12.9. The van der Waals surface area contributed by atoms with Gasteiger partial charge in [0.15, 0.2) is 0 Å². The molecule has 0 aliphatic heterocycles. The Kier molecular flexibility index (Phi) is 8.08. The molecule has 0 atom stereocenters. The summed E-state index contributed by atoms with van der Waals surface area (Å²) in [5, 5.41) is 3.31. The molecule has 0 amide bonds. The van der Waals surface area contributed by atoms with E-state index in [4.69, 9.17) is 19.9 Å². The van der Waals surface area contributed by atoms with E-state index in [0.29, 0.717) is 0 Å². The van der Waals surface area contributed by atoms with Gasteiger partial charge in [0.2, 0.25) is 0 Å². The van der Waals surface area contributed by atoms with Gasteiger partial charge >= 0.3 is 0 Å². The highest BCUT2D eigenvalue weighted by molar-refractivity contribution is 5.94. The Bertz CT molecular complexity index is 2840. The van der Waals surface area contributed by atoms with Crippen LogP contribution < -0.4 is 4.90 Å². The minimum absolute atomic E-state index is 0.878. The summed E-state index contributed by atoms with van der Waals surface area (Å²) in [7, 11) is 0. The van der Waals surface area contributed by atoms with Gasteiger partial charge in [-0.15, -0.1) is 0 Å². The van der Waals surface area contributed by atoms with Gasteiger partial charge in [-0.3, -0.25) is 15.0 Å². The Morgan fingerprint density at radius 3 is 1.40 bits per heavy atom. The second kappa shape index (κ2) is 13.8. The lowest BCUT2D eigenvalue weighted by Gasteiger charge is -2.26. The van der Waals surface area contributed by atoms with Crippen molar-refractivity contribution in [1.82, 2.24) is 19.9 Å². The summed E-state index contributed by atoms with van der Waals surface area (Å²) in [6.45, 7) is 0. The molecular formula is C50H33N5. The lowest BCUT2D eigenvalue weighted by atomic mass is 10.0. The van der Waals surface area contributed by atoms with E-state index < -0.39 is 0 Å². The molecule has 0 spiro atoms. The monoisotopic (exact) mass is 703 g/mol. The maximum absolute atomic E-state index is 5.16. The van der Waals surface area contributed by atoms with Crippen LogP contribution in [0.1, 0.15) is 0 Å². The lowest BCUT2D eigenvalue weighted by Crippen LogP contribution is -2.09. The largest absolute Gasteiger partial charge is 0.311 e. The molecule has 0 saturated carbocycles. The van der Waals surface area contributed by atoms with Crippen LogP contribution in [0.3, 0.4) is 0 Å². The Hall–Kier alpha value is -7.50. The van der Waals surface area contributed by atoms with Gasteiger partial charge in [-0.2, -0.15) is 0 Å². The first kappa shape index (κ1) is 32.2. The van der Waals surface area contributed by atoms with E-state index in [0.717, 1.165) is 94.5 Å². The Morgan fingerprint density at radius 1 is 0.345 bits per heavy atom. The summed E-state index contributed by atoms with van der Waals surface area (Å²) in [5.74, 6) is 0. The second-order valence-corrected chi connectivity index (χ2v) is 13.6. The van der Waals surface area contributed by atoms with Gasteiger partial charge in [0.1, 0.15) is 0 Å². The van der Waals surface area contributed by atoms with Gasteiger partial charge in [-0.05, 0) is 83.9 Å². The van der Waals surface area contributed by atoms with Crippen LogP contribution >= 0.6 is 0 Å². The number of benzene rings is 6. The first-order valence-corrected chi connectivity index (χ1v) is 18.4. The molecule has 5 heteroatoms. The second-order valence-electron chi connectivity index (χ2n) is 13.6. The number of rotatable bonds is 7. The number of para-hydroxylation sites is 2. The Labute approximate surface area is 318 Å². The van der Waals surface area contributed by atoms with E-state index in [1.165, 1.54) is 0 Å². The van der Waals surface area contributed by atoms with Gasteiger partial charge in [-0.1, -0.05) is 109 Å². The molecule has 10 aromatic rings. The molecule has 0 aliphatic carbocycles. The smallest absolute Gasteiger partial charge is 0.0972 e. The highest BCUT2D eigenvalue weighted by Gasteiger charge is 2.16. The molecule has 4 aromatic heterocycles. The summed E-state index contributed by atoms with van der Waals surface area (Å²) in [6, 6.07) is 63.5. The maximum atomic E-state index is 5.16. The molecule has 0 aliphatic rings. The number of nitrogens with zero attached hydrogens (tertiary/aromatic N) is 5. The van der Waals surface area contributed by atoms with Crippen LogP contribution in [0.4, 0.5) is 17.1 Å². The van der Waals surface area contributed by atoms with Crippen molar-refractivity contribution < 1.29 is 0 Å². The van der Waals surface area contributed by atoms with Crippen LogP contribution in [0, 0.1) is 0 Å². The van der Waals surface area contributed by atoms with E-state index >= 15 is 0 Å². The van der Waals surface area contributed by atoms with Crippen molar-refractivity contribution in [1.29, 1.82) is 0 Å². The average molecular weight is 704 g/mol. The van der Waals surface area contributed by atoms with E-state index in [1.807, 2.05) is 67.1 Å². The number of fused-ring (bicyclic) bond motifs is 3.